The summed E-state index contributed by atoms with van der Waals surface area (Å²) in [6.45, 7) is 3.94. The van der Waals surface area contributed by atoms with Gasteiger partial charge in [0.1, 0.15) is 0 Å². The summed E-state index contributed by atoms with van der Waals surface area (Å²) in [5.74, 6) is 0.437. The van der Waals surface area contributed by atoms with Gasteiger partial charge in [0.15, 0.2) is 0 Å². The van der Waals surface area contributed by atoms with Crippen molar-refractivity contribution in [3.63, 3.8) is 0 Å². The van der Waals surface area contributed by atoms with Gasteiger partial charge < -0.3 is 9.32 Å². The molecule has 6 heteroatoms. The summed E-state index contributed by atoms with van der Waals surface area (Å²) in [6.07, 6.45) is 1.45. The predicted molar refractivity (Wildman–Crippen MR) is 106 cm³/mol. The van der Waals surface area contributed by atoms with Crippen molar-refractivity contribution in [1.29, 1.82) is 0 Å². The molecule has 2 heterocycles. The van der Waals surface area contributed by atoms with Gasteiger partial charge in [0.25, 0.3) is 0 Å². The summed E-state index contributed by atoms with van der Waals surface area (Å²) in [7, 11) is 0. The highest BCUT2D eigenvalue weighted by Crippen LogP contribution is 2.12. The molecule has 1 aromatic heterocycles. The highest BCUT2D eigenvalue weighted by Gasteiger charge is 2.26. The number of nitrogens with zero attached hydrogens (tertiary/aromatic N) is 4. The number of carbonyl (C=O) groups is 1. The Hall–Kier alpha value is -2.99. The lowest BCUT2D eigenvalue weighted by atomic mass is 10.1. The summed E-state index contributed by atoms with van der Waals surface area (Å²) >= 11 is 0. The number of benzene rings is 2. The van der Waals surface area contributed by atoms with Crippen LogP contribution in [0.2, 0.25) is 0 Å². The third kappa shape index (κ3) is 4.64. The summed E-state index contributed by atoms with van der Waals surface area (Å²) in [5.41, 5.74) is 2.50. The molecule has 0 bridgehead atoms. The normalized spacial score (nSPS) is 14.9. The van der Waals surface area contributed by atoms with Crippen LogP contribution in [0.5, 0.6) is 0 Å². The van der Waals surface area contributed by atoms with Gasteiger partial charge in [-0.3, -0.25) is 9.69 Å². The summed E-state index contributed by atoms with van der Waals surface area (Å²) in [5, 5.41) is 8.01. The standard InChI is InChI=1S/C22H24N4O2/c27-22(21-24-23-20(28-21)12-11-18-7-3-1-4-8-18)26-15-13-25(14-16-26)17-19-9-5-2-6-10-19/h1-10H,11-17H2. The third-order valence-corrected chi connectivity index (χ3v) is 5.03. The number of aromatic nitrogens is 2. The van der Waals surface area contributed by atoms with Gasteiger partial charge in [-0.05, 0) is 17.5 Å². The van der Waals surface area contributed by atoms with Gasteiger partial charge >= 0.3 is 11.8 Å². The minimum absolute atomic E-state index is 0.0968. The lowest BCUT2D eigenvalue weighted by Crippen LogP contribution is -2.48. The molecule has 1 fully saturated rings. The Morgan fingerprint density at radius 2 is 1.46 bits per heavy atom. The smallest absolute Gasteiger partial charge is 0.311 e. The van der Waals surface area contributed by atoms with Gasteiger partial charge in [0, 0.05) is 39.1 Å². The number of piperazine rings is 1. The summed E-state index contributed by atoms with van der Waals surface area (Å²) < 4.78 is 5.62. The van der Waals surface area contributed by atoms with Crippen LogP contribution in [0.15, 0.2) is 65.1 Å². The van der Waals surface area contributed by atoms with E-state index in [9.17, 15) is 4.79 Å². The van der Waals surface area contributed by atoms with Gasteiger partial charge in [-0.25, -0.2) is 0 Å². The van der Waals surface area contributed by atoms with Crippen LogP contribution >= 0.6 is 0 Å². The molecule has 0 N–H and O–H groups in total. The third-order valence-electron chi connectivity index (χ3n) is 5.03. The fraction of sp³-hybridized carbons (Fsp3) is 0.318. The van der Waals surface area contributed by atoms with E-state index in [0.717, 1.165) is 26.1 Å². The van der Waals surface area contributed by atoms with Gasteiger partial charge in [0.2, 0.25) is 5.89 Å². The number of carbonyl (C=O) groups excluding carboxylic acids is 1. The maximum absolute atomic E-state index is 12.7. The zero-order chi connectivity index (χ0) is 19.2. The van der Waals surface area contributed by atoms with Crippen molar-refractivity contribution in [1.82, 2.24) is 20.0 Å². The summed E-state index contributed by atoms with van der Waals surface area (Å²) in [4.78, 5) is 16.8. The van der Waals surface area contributed by atoms with Crippen LogP contribution in [0.4, 0.5) is 0 Å². The van der Waals surface area contributed by atoms with Crippen LogP contribution in [-0.4, -0.2) is 52.1 Å². The molecule has 0 unspecified atom stereocenters. The molecule has 6 nitrogen and oxygen atoms in total. The highest BCUT2D eigenvalue weighted by molar-refractivity contribution is 5.89. The topological polar surface area (TPSA) is 62.5 Å². The van der Waals surface area contributed by atoms with Crippen LogP contribution in [0.25, 0.3) is 0 Å². The molecule has 0 radical (unpaired) electrons. The molecule has 3 aromatic rings. The average molecular weight is 376 g/mol. The van der Waals surface area contributed by atoms with Crippen molar-refractivity contribution in [2.45, 2.75) is 19.4 Å². The molecule has 144 valence electrons. The van der Waals surface area contributed by atoms with Crippen molar-refractivity contribution in [2.24, 2.45) is 0 Å². The molecular weight excluding hydrogens is 352 g/mol. The molecule has 0 spiro atoms. The molecule has 2 aromatic carbocycles. The lowest BCUT2D eigenvalue weighted by Gasteiger charge is -2.34. The number of hydrogen-bond donors (Lipinski definition) is 0. The summed E-state index contributed by atoms with van der Waals surface area (Å²) in [6, 6.07) is 20.5. The second-order valence-corrected chi connectivity index (χ2v) is 7.04. The SMILES string of the molecule is O=C(c1nnc(CCc2ccccc2)o1)N1CCN(Cc2ccccc2)CC1. The van der Waals surface area contributed by atoms with Gasteiger partial charge in [-0.1, -0.05) is 60.7 Å². The van der Waals surface area contributed by atoms with Crippen LogP contribution in [0.3, 0.4) is 0 Å². The van der Waals surface area contributed by atoms with E-state index in [1.165, 1.54) is 11.1 Å². The maximum Gasteiger partial charge on any atom is 0.311 e. The van der Waals surface area contributed by atoms with E-state index in [1.54, 1.807) is 4.90 Å². The van der Waals surface area contributed by atoms with Crippen LogP contribution in [-0.2, 0) is 19.4 Å². The van der Waals surface area contributed by atoms with E-state index in [2.05, 4.69) is 51.5 Å². The Balaban J connectivity index is 1.28. The lowest BCUT2D eigenvalue weighted by molar-refractivity contribution is 0.0588. The molecule has 4 rings (SSSR count). The second kappa shape index (κ2) is 8.80. The maximum atomic E-state index is 12.7. The van der Waals surface area contributed by atoms with Crippen molar-refractivity contribution in [3.05, 3.63) is 83.6 Å². The van der Waals surface area contributed by atoms with Crippen molar-refractivity contribution in [3.8, 4) is 0 Å². The first-order chi connectivity index (χ1) is 13.8. The Labute approximate surface area is 164 Å². The minimum Gasteiger partial charge on any atom is -0.417 e. The Kier molecular flexibility index (Phi) is 5.77. The van der Waals surface area contributed by atoms with Crippen LogP contribution in [0, 0.1) is 0 Å². The van der Waals surface area contributed by atoms with Crippen molar-refractivity contribution in [2.75, 3.05) is 26.2 Å². The molecule has 1 amide bonds. The van der Waals surface area contributed by atoms with E-state index < -0.39 is 0 Å². The molecular formula is C22H24N4O2. The van der Waals surface area contributed by atoms with E-state index in [4.69, 9.17) is 4.42 Å². The zero-order valence-corrected chi connectivity index (χ0v) is 15.8. The molecule has 28 heavy (non-hydrogen) atoms. The molecule has 0 aliphatic carbocycles. The second-order valence-electron chi connectivity index (χ2n) is 7.04. The Bertz CT molecular complexity index is 887. The van der Waals surface area contributed by atoms with Crippen molar-refractivity contribution >= 4 is 5.91 Å². The van der Waals surface area contributed by atoms with Gasteiger partial charge in [-0.15, -0.1) is 10.2 Å². The number of hydrogen-bond acceptors (Lipinski definition) is 5. The van der Waals surface area contributed by atoms with E-state index in [0.29, 0.717) is 25.4 Å². The van der Waals surface area contributed by atoms with E-state index in [1.807, 2.05) is 24.3 Å². The largest absolute Gasteiger partial charge is 0.417 e. The van der Waals surface area contributed by atoms with E-state index >= 15 is 0 Å². The minimum atomic E-state index is -0.169. The first-order valence-electron chi connectivity index (χ1n) is 9.70. The molecule has 0 atom stereocenters. The quantitative estimate of drug-likeness (QED) is 0.662. The fourth-order valence-corrected chi connectivity index (χ4v) is 3.42. The molecule has 0 saturated carbocycles. The average Bonchev–Trinajstić information content (AvgIpc) is 3.23. The van der Waals surface area contributed by atoms with Crippen LogP contribution < -0.4 is 0 Å². The predicted octanol–water partition coefficient (Wildman–Crippen LogP) is 2.81. The Morgan fingerprint density at radius 1 is 0.821 bits per heavy atom. The Morgan fingerprint density at radius 3 is 2.14 bits per heavy atom. The molecule has 1 aliphatic heterocycles. The first kappa shape index (κ1) is 18.4. The van der Waals surface area contributed by atoms with Gasteiger partial charge in [-0.2, -0.15) is 0 Å². The monoisotopic (exact) mass is 376 g/mol. The van der Waals surface area contributed by atoms with Crippen LogP contribution in [0.1, 0.15) is 27.7 Å². The zero-order valence-electron chi connectivity index (χ0n) is 15.8. The number of aryl methyl sites for hydroxylation is 2. The molecule has 1 aliphatic rings. The van der Waals surface area contributed by atoms with Gasteiger partial charge in [0.05, 0.1) is 0 Å². The van der Waals surface area contributed by atoms with E-state index in [-0.39, 0.29) is 11.8 Å². The number of amides is 1. The number of rotatable bonds is 6. The fourth-order valence-electron chi connectivity index (χ4n) is 3.42. The highest BCUT2D eigenvalue weighted by atomic mass is 16.4. The molecule has 1 saturated heterocycles. The van der Waals surface area contributed by atoms with Crippen molar-refractivity contribution < 1.29 is 9.21 Å². The first-order valence-corrected chi connectivity index (χ1v) is 9.70.